The summed E-state index contributed by atoms with van der Waals surface area (Å²) in [4.78, 5) is 15.5. The molecule has 0 saturated carbocycles. The molecule has 1 saturated heterocycles. The standard InChI is InChI=1S/C14H20N2O2.Li/c1-11-10-12(4-5-13(11)14(17)18)16-7-3-6-15(2)8-9-16;/h4-5,10H,3,6-9H2,1-2H3,(H,17,18);/q;+1/p-1. The van der Waals surface area contributed by atoms with Gasteiger partial charge in [-0.05, 0) is 44.6 Å². The van der Waals surface area contributed by atoms with Crippen molar-refractivity contribution in [3.8, 4) is 0 Å². The fourth-order valence-corrected chi connectivity index (χ4v) is 2.38. The zero-order chi connectivity index (χ0) is 13.1. The maximum atomic E-state index is 10.9. The predicted molar refractivity (Wildman–Crippen MR) is 69.8 cm³/mol. The van der Waals surface area contributed by atoms with Crippen LogP contribution in [0.5, 0.6) is 0 Å². The summed E-state index contributed by atoms with van der Waals surface area (Å²) in [5.74, 6) is -1.10. The zero-order valence-electron chi connectivity index (χ0n) is 12.0. The van der Waals surface area contributed by atoms with Crippen molar-refractivity contribution in [2.24, 2.45) is 0 Å². The van der Waals surface area contributed by atoms with Crippen LogP contribution in [0.3, 0.4) is 0 Å². The van der Waals surface area contributed by atoms with Gasteiger partial charge in [0.1, 0.15) is 0 Å². The van der Waals surface area contributed by atoms with Gasteiger partial charge in [0.25, 0.3) is 0 Å². The third-order valence-corrected chi connectivity index (χ3v) is 3.51. The van der Waals surface area contributed by atoms with Crippen molar-refractivity contribution in [1.82, 2.24) is 4.90 Å². The number of likely N-dealkylation sites (N-methyl/N-ethyl adjacent to an activating group) is 1. The number of carbonyl (C=O) groups excluding carboxylic acids is 1. The van der Waals surface area contributed by atoms with E-state index in [9.17, 15) is 9.90 Å². The van der Waals surface area contributed by atoms with Crippen LogP contribution >= 0.6 is 0 Å². The van der Waals surface area contributed by atoms with Crippen molar-refractivity contribution < 1.29 is 28.8 Å². The molecule has 0 spiro atoms. The van der Waals surface area contributed by atoms with E-state index in [4.69, 9.17) is 0 Å². The Morgan fingerprint density at radius 1 is 1.21 bits per heavy atom. The molecule has 1 fully saturated rings. The van der Waals surface area contributed by atoms with Crippen LogP contribution in [0, 0.1) is 6.92 Å². The summed E-state index contributed by atoms with van der Waals surface area (Å²) in [5.41, 5.74) is 2.16. The molecule has 2 rings (SSSR count). The van der Waals surface area contributed by atoms with Gasteiger partial charge in [-0.2, -0.15) is 0 Å². The van der Waals surface area contributed by atoms with Crippen LogP contribution in [-0.4, -0.2) is 44.1 Å². The predicted octanol–water partition coefficient (Wildman–Crippen LogP) is -2.50. The number of hydrogen-bond acceptors (Lipinski definition) is 4. The van der Waals surface area contributed by atoms with E-state index in [-0.39, 0.29) is 24.4 Å². The summed E-state index contributed by atoms with van der Waals surface area (Å²) in [7, 11) is 2.13. The van der Waals surface area contributed by atoms with E-state index in [0.29, 0.717) is 0 Å². The number of carboxylic acids is 1. The Balaban J connectivity index is 0.00000180. The van der Waals surface area contributed by atoms with Gasteiger partial charge >= 0.3 is 18.9 Å². The molecule has 1 aromatic carbocycles. The summed E-state index contributed by atoms with van der Waals surface area (Å²) < 4.78 is 0. The average Bonchev–Trinajstić information content (AvgIpc) is 2.53. The smallest absolute Gasteiger partial charge is 0.545 e. The Morgan fingerprint density at radius 3 is 2.58 bits per heavy atom. The second kappa shape index (κ2) is 7.00. The Labute approximate surface area is 126 Å². The zero-order valence-corrected chi connectivity index (χ0v) is 12.0. The molecule has 0 atom stereocenters. The van der Waals surface area contributed by atoms with E-state index in [1.807, 2.05) is 19.1 Å². The first-order valence-electron chi connectivity index (χ1n) is 6.33. The Morgan fingerprint density at radius 2 is 1.95 bits per heavy atom. The van der Waals surface area contributed by atoms with Gasteiger partial charge in [0.15, 0.2) is 0 Å². The minimum Gasteiger partial charge on any atom is -0.545 e. The van der Waals surface area contributed by atoms with Gasteiger partial charge in [-0.1, -0.05) is 6.07 Å². The molecular formula is C14H19LiN2O2. The van der Waals surface area contributed by atoms with E-state index in [1.165, 1.54) is 0 Å². The van der Waals surface area contributed by atoms with Gasteiger partial charge in [0.05, 0.1) is 5.97 Å². The first kappa shape index (κ1) is 16.1. The number of rotatable bonds is 2. The molecule has 0 radical (unpaired) electrons. The van der Waals surface area contributed by atoms with Crippen LogP contribution in [0.2, 0.25) is 0 Å². The Hall–Kier alpha value is -0.953. The third kappa shape index (κ3) is 4.00. The van der Waals surface area contributed by atoms with Crippen molar-refractivity contribution >= 4 is 11.7 Å². The number of aryl methyl sites for hydroxylation is 1. The van der Waals surface area contributed by atoms with Crippen molar-refractivity contribution in [3.05, 3.63) is 29.3 Å². The molecule has 0 N–H and O–H groups in total. The second-order valence-corrected chi connectivity index (χ2v) is 4.93. The Bertz CT molecular complexity index is 451. The van der Waals surface area contributed by atoms with Crippen molar-refractivity contribution in [1.29, 1.82) is 0 Å². The van der Waals surface area contributed by atoms with Crippen LogP contribution in [0.4, 0.5) is 5.69 Å². The molecule has 1 aromatic rings. The SMILES string of the molecule is Cc1cc(N2CCCN(C)CC2)ccc1C(=O)[O-].[Li+]. The maximum absolute atomic E-state index is 10.9. The summed E-state index contributed by atoms with van der Waals surface area (Å²) in [6.45, 7) is 5.99. The molecular weight excluding hydrogens is 235 g/mol. The maximum Gasteiger partial charge on any atom is 1.00 e. The molecule has 0 amide bonds. The van der Waals surface area contributed by atoms with E-state index in [0.717, 1.165) is 43.9 Å². The molecule has 1 aliphatic heterocycles. The second-order valence-electron chi connectivity index (χ2n) is 4.93. The molecule has 98 valence electrons. The number of carboxylic acid groups (broad SMARTS) is 1. The number of nitrogens with zero attached hydrogens (tertiary/aromatic N) is 2. The molecule has 5 heteroatoms. The monoisotopic (exact) mass is 254 g/mol. The van der Waals surface area contributed by atoms with Crippen LogP contribution in [0.25, 0.3) is 0 Å². The van der Waals surface area contributed by atoms with Gasteiger partial charge in [0, 0.05) is 30.9 Å². The van der Waals surface area contributed by atoms with Crippen LogP contribution in [0.1, 0.15) is 22.3 Å². The quantitative estimate of drug-likeness (QED) is 0.548. The number of carbonyl (C=O) groups is 1. The molecule has 1 aliphatic rings. The Kier molecular flexibility index (Phi) is 5.93. The minimum absolute atomic E-state index is 0. The minimum atomic E-state index is -1.10. The van der Waals surface area contributed by atoms with Crippen LogP contribution in [-0.2, 0) is 0 Å². The van der Waals surface area contributed by atoms with E-state index in [1.54, 1.807) is 6.07 Å². The first-order chi connectivity index (χ1) is 8.58. The normalized spacial score (nSPS) is 16.6. The number of aromatic carboxylic acids is 1. The topological polar surface area (TPSA) is 46.6 Å². The van der Waals surface area contributed by atoms with Crippen molar-refractivity contribution in [2.75, 3.05) is 38.1 Å². The molecule has 1 heterocycles. The number of benzene rings is 1. The fourth-order valence-electron chi connectivity index (χ4n) is 2.38. The summed E-state index contributed by atoms with van der Waals surface area (Å²) in [5, 5.41) is 10.9. The van der Waals surface area contributed by atoms with Gasteiger partial charge in [-0.3, -0.25) is 0 Å². The van der Waals surface area contributed by atoms with Gasteiger partial charge < -0.3 is 19.7 Å². The van der Waals surface area contributed by atoms with Crippen LogP contribution in [0.15, 0.2) is 18.2 Å². The van der Waals surface area contributed by atoms with Crippen molar-refractivity contribution in [2.45, 2.75) is 13.3 Å². The van der Waals surface area contributed by atoms with E-state index in [2.05, 4.69) is 16.8 Å². The number of anilines is 1. The molecule has 0 aliphatic carbocycles. The van der Waals surface area contributed by atoms with Gasteiger partial charge in [0.2, 0.25) is 0 Å². The summed E-state index contributed by atoms with van der Waals surface area (Å²) >= 11 is 0. The molecule has 19 heavy (non-hydrogen) atoms. The van der Waals surface area contributed by atoms with E-state index >= 15 is 0 Å². The molecule has 4 nitrogen and oxygen atoms in total. The molecule has 0 aromatic heterocycles. The first-order valence-corrected chi connectivity index (χ1v) is 6.33. The fraction of sp³-hybridized carbons (Fsp3) is 0.500. The third-order valence-electron chi connectivity index (χ3n) is 3.51. The van der Waals surface area contributed by atoms with Crippen molar-refractivity contribution in [3.63, 3.8) is 0 Å². The summed E-state index contributed by atoms with van der Waals surface area (Å²) in [6, 6.07) is 5.47. The van der Waals surface area contributed by atoms with Gasteiger partial charge in [-0.25, -0.2) is 0 Å². The van der Waals surface area contributed by atoms with E-state index < -0.39 is 5.97 Å². The van der Waals surface area contributed by atoms with Gasteiger partial charge in [-0.15, -0.1) is 0 Å². The largest absolute Gasteiger partial charge is 1.00 e. The summed E-state index contributed by atoms with van der Waals surface area (Å²) in [6.07, 6.45) is 1.14. The molecule has 0 unspecified atom stereocenters. The molecule has 0 bridgehead atoms. The average molecular weight is 254 g/mol. The number of hydrogen-bond donors (Lipinski definition) is 0. The van der Waals surface area contributed by atoms with Crippen LogP contribution < -0.4 is 28.9 Å².